The van der Waals surface area contributed by atoms with Crippen molar-refractivity contribution in [3.8, 4) is 11.3 Å². The van der Waals surface area contributed by atoms with E-state index in [9.17, 15) is 9.59 Å². The van der Waals surface area contributed by atoms with Crippen LogP contribution >= 0.6 is 11.3 Å². The molecule has 0 radical (unpaired) electrons. The highest BCUT2D eigenvalue weighted by atomic mass is 32.1. The van der Waals surface area contributed by atoms with Gasteiger partial charge in [-0.2, -0.15) is 0 Å². The molecule has 2 atom stereocenters. The standard InChI is InChI=1S/C19H20N2O2S/c1-18(2)13-9-10-19(18,3)16(23)21(15(13)22)17-20-14(11-24-17)12-7-5-4-6-8-12/h4-8,11,13H,9-10H2,1-3H3/t13-,19-/m0/s1. The molecule has 4 nitrogen and oxygen atoms in total. The van der Waals surface area contributed by atoms with Crippen molar-refractivity contribution in [1.29, 1.82) is 0 Å². The van der Waals surface area contributed by atoms with Gasteiger partial charge in [0.25, 0.3) is 0 Å². The molecule has 0 spiro atoms. The molecule has 124 valence electrons. The summed E-state index contributed by atoms with van der Waals surface area (Å²) >= 11 is 1.36. The van der Waals surface area contributed by atoms with Crippen LogP contribution in [0, 0.1) is 16.7 Å². The van der Waals surface area contributed by atoms with E-state index in [2.05, 4.69) is 18.8 Å². The summed E-state index contributed by atoms with van der Waals surface area (Å²) in [6.07, 6.45) is 1.55. The summed E-state index contributed by atoms with van der Waals surface area (Å²) in [5.74, 6) is -0.293. The van der Waals surface area contributed by atoms with Crippen molar-refractivity contribution < 1.29 is 9.59 Å². The Hall–Kier alpha value is -2.01. The second-order valence-corrected chi connectivity index (χ2v) is 8.34. The topological polar surface area (TPSA) is 50.3 Å². The van der Waals surface area contributed by atoms with Crippen LogP contribution in [0.25, 0.3) is 11.3 Å². The number of carbonyl (C=O) groups excluding carboxylic acids is 2. The van der Waals surface area contributed by atoms with Crippen molar-refractivity contribution in [2.75, 3.05) is 4.90 Å². The molecule has 1 saturated carbocycles. The smallest absolute Gasteiger partial charge is 0.242 e. The minimum Gasteiger partial charge on any atom is -0.274 e. The average molecular weight is 340 g/mol. The molecule has 2 aliphatic rings. The quantitative estimate of drug-likeness (QED) is 0.773. The van der Waals surface area contributed by atoms with Gasteiger partial charge in [-0.15, -0.1) is 11.3 Å². The van der Waals surface area contributed by atoms with Crippen LogP contribution in [0.2, 0.25) is 0 Å². The first-order valence-electron chi connectivity index (χ1n) is 8.25. The maximum absolute atomic E-state index is 13.1. The molecule has 1 aliphatic carbocycles. The molecule has 2 amide bonds. The molecular weight excluding hydrogens is 320 g/mol. The Morgan fingerprint density at radius 3 is 2.58 bits per heavy atom. The van der Waals surface area contributed by atoms with Crippen molar-refractivity contribution in [2.24, 2.45) is 16.7 Å². The van der Waals surface area contributed by atoms with Crippen LogP contribution in [-0.2, 0) is 9.59 Å². The van der Waals surface area contributed by atoms with Gasteiger partial charge in [0.15, 0.2) is 5.13 Å². The van der Waals surface area contributed by atoms with Gasteiger partial charge >= 0.3 is 0 Å². The molecule has 0 N–H and O–H groups in total. The lowest BCUT2D eigenvalue weighted by Gasteiger charge is -2.46. The molecule has 4 rings (SSSR count). The number of thiazole rings is 1. The van der Waals surface area contributed by atoms with E-state index >= 15 is 0 Å². The van der Waals surface area contributed by atoms with E-state index in [-0.39, 0.29) is 23.1 Å². The van der Waals surface area contributed by atoms with Crippen LogP contribution < -0.4 is 4.90 Å². The number of hydrogen-bond donors (Lipinski definition) is 0. The molecule has 1 aliphatic heterocycles. The lowest BCUT2D eigenvalue weighted by Crippen LogP contribution is -2.59. The van der Waals surface area contributed by atoms with E-state index in [1.807, 2.05) is 42.6 Å². The number of piperidine rings is 1. The summed E-state index contributed by atoms with van der Waals surface area (Å²) in [5, 5.41) is 2.41. The Morgan fingerprint density at radius 1 is 1.17 bits per heavy atom. The maximum Gasteiger partial charge on any atom is 0.242 e. The molecule has 2 fully saturated rings. The largest absolute Gasteiger partial charge is 0.274 e. The third-order valence-corrected chi connectivity index (χ3v) is 7.00. The minimum absolute atomic E-state index is 0.0889. The van der Waals surface area contributed by atoms with Crippen LogP contribution in [0.15, 0.2) is 35.7 Å². The van der Waals surface area contributed by atoms with E-state index in [1.165, 1.54) is 16.2 Å². The van der Waals surface area contributed by atoms with Gasteiger partial charge in [-0.1, -0.05) is 51.1 Å². The number of anilines is 1. The molecule has 1 saturated heterocycles. The van der Waals surface area contributed by atoms with Crippen molar-refractivity contribution in [3.05, 3.63) is 35.7 Å². The van der Waals surface area contributed by atoms with Crippen LogP contribution in [0.3, 0.4) is 0 Å². The fourth-order valence-corrected chi connectivity index (χ4v) is 4.94. The Labute approximate surface area is 145 Å². The predicted octanol–water partition coefficient (Wildman–Crippen LogP) is 4.13. The highest BCUT2D eigenvalue weighted by Gasteiger charge is 2.65. The maximum atomic E-state index is 13.1. The van der Waals surface area contributed by atoms with E-state index in [1.54, 1.807) is 0 Å². The second kappa shape index (κ2) is 4.99. The Balaban J connectivity index is 1.75. The van der Waals surface area contributed by atoms with E-state index < -0.39 is 5.41 Å². The van der Waals surface area contributed by atoms with Crippen LogP contribution in [0.1, 0.15) is 33.6 Å². The van der Waals surface area contributed by atoms with Gasteiger partial charge in [0.1, 0.15) is 0 Å². The predicted molar refractivity (Wildman–Crippen MR) is 94.7 cm³/mol. The summed E-state index contributed by atoms with van der Waals surface area (Å²) in [4.78, 5) is 32.0. The number of benzene rings is 1. The zero-order valence-corrected chi connectivity index (χ0v) is 14.9. The van der Waals surface area contributed by atoms with Gasteiger partial charge in [0.05, 0.1) is 11.1 Å². The van der Waals surface area contributed by atoms with Gasteiger partial charge in [-0.25, -0.2) is 9.88 Å². The summed E-state index contributed by atoms with van der Waals surface area (Å²) in [6, 6.07) is 9.82. The summed E-state index contributed by atoms with van der Waals surface area (Å²) in [7, 11) is 0. The number of imide groups is 1. The molecule has 24 heavy (non-hydrogen) atoms. The van der Waals surface area contributed by atoms with Crippen molar-refractivity contribution in [1.82, 2.24) is 4.98 Å². The van der Waals surface area contributed by atoms with E-state index in [0.29, 0.717) is 5.13 Å². The summed E-state index contributed by atoms with van der Waals surface area (Å²) < 4.78 is 0. The fourth-order valence-electron chi connectivity index (χ4n) is 4.11. The fraction of sp³-hybridized carbons (Fsp3) is 0.421. The second-order valence-electron chi connectivity index (χ2n) is 7.51. The zero-order chi connectivity index (χ0) is 17.1. The molecule has 2 bridgehead atoms. The van der Waals surface area contributed by atoms with Crippen LogP contribution in [0.4, 0.5) is 5.13 Å². The monoisotopic (exact) mass is 340 g/mol. The number of amides is 2. The Bertz CT molecular complexity index is 827. The van der Waals surface area contributed by atoms with Gasteiger partial charge in [-0.05, 0) is 18.3 Å². The lowest BCUT2D eigenvalue weighted by atomic mass is 9.62. The van der Waals surface area contributed by atoms with Crippen molar-refractivity contribution in [2.45, 2.75) is 33.6 Å². The molecular formula is C19H20N2O2S. The lowest BCUT2D eigenvalue weighted by molar-refractivity contribution is -0.146. The molecule has 1 aromatic heterocycles. The van der Waals surface area contributed by atoms with Gasteiger partial charge in [0, 0.05) is 16.9 Å². The van der Waals surface area contributed by atoms with Gasteiger partial charge in [0.2, 0.25) is 11.8 Å². The highest BCUT2D eigenvalue weighted by Crippen LogP contribution is 2.60. The molecule has 5 heteroatoms. The van der Waals surface area contributed by atoms with E-state index in [4.69, 9.17) is 0 Å². The molecule has 2 aromatic rings. The number of fused-ring (bicyclic) bond motifs is 2. The van der Waals surface area contributed by atoms with Crippen LogP contribution in [-0.4, -0.2) is 16.8 Å². The normalized spacial score (nSPS) is 28.5. The molecule has 0 unspecified atom stereocenters. The highest BCUT2D eigenvalue weighted by molar-refractivity contribution is 7.14. The zero-order valence-electron chi connectivity index (χ0n) is 14.1. The third-order valence-electron chi connectivity index (χ3n) is 6.17. The Kier molecular flexibility index (Phi) is 3.23. The number of carbonyl (C=O) groups is 2. The summed E-state index contributed by atoms with van der Waals surface area (Å²) in [6.45, 7) is 6.10. The first-order valence-corrected chi connectivity index (χ1v) is 9.13. The average Bonchev–Trinajstić information content (AvgIpc) is 3.10. The van der Waals surface area contributed by atoms with Gasteiger partial charge in [-0.3, -0.25) is 9.59 Å². The number of aromatic nitrogens is 1. The molecule has 2 heterocycles. The number of nitrogens with zero attached hydrogens (tertiary/aromatic N) is 2. The first-order chi connectivity index (χ1) is 11.4. The molecule has 1 aromatic carbocycles. The van der Waals surface area contributed by atoms with Gasteiger partial charge < -0.3 is 0 Å². The van der Waals surface area contributed by atoms with Crippen LogP contribution in [0.5, 0.6) is 0 Å². The first kappa shape index (κ1) is 15.5. The van der Waals surface area contributed by atoms with E-state index in [0.717, 1.165) is 24.1 Å². The minimum atomic E-state index is -0.496. The number of rotatable bonds is 2. The Morgan fingerprint density at radius 2 is 1.88 bits per heavy atom. The van der Waals surface area contributed by atoms with Crippen molar-refractivity contribution in [3.63, 3.8) is 0 Å². The number of hydrogen-bond acceptors (Lipinski definition) is 4. The SMILES string of the molecule is CC1(C)[C@H]2CC[C@@]1(C)C(=O)N(c1nc(-c3ccccc3)cs1)C2=O. The third kappa shape index (κ3) is 1.88. The van der Waals surface area contributed by atoms with Crippen molar-refractivity contribution >= 4 is 28.3 Å². The summed E-state index contributed by atoms with van der Waals surface area (Å²) in [5.41, 5.74) is 1.01.